The van der Waals surface area contributed by atoms with Crippen molar-refractivity contribution in [3.8, 4) is 0 Å². The molecule has 1 heterocycles. The topological polar surface area (TPSA) is 82.1 Å². The van der Waals surface area contributed by atoms with Gasteiger partial charge in [0.05, 0.1) is 4.92 Å². The zero-order valence-electron chi connectivity index (χ0n) is 19.4. The number of nitrogens with one attached hydrogen (secondary N) is 1. The van der Waals surface area contributed by atoms with Gasteiger partial charge in [0.1, 0.15) is 0 Å². The number of anilines is 1. The van der Waals surface area contributed by atoms with Crippen LogP contribution in [0.5, 0.6) is 0 Å². The molecule has 0 bridgehead atoms. The summed E-state index contributed by atoms with van der Waals surface area (Å²) < 4.78 is 1.70. The molecule has 170 valence electrons. The van der Waals surface area contributed by atoms with E-state index in [9.17, 15) is 15.2 Å². The number of benzene rings is 2. The van der Waals surface area contributed by atoms with Crippen molar-refractivity contribution in [1.82, 2.24) is 0 Å². The largest absolute Gasteiger partial charge is 0.867 e. The molecule has 3 aromatic rings. The first-order valence-electron chi connectivity index (χ1n) is 10.5. The number of rotatable bonds is 5. The Hall–Kier alpha value is -3.58. The van der Waals surface area contributed by atoms with Gasteiger partial charge >= 0.3 is 0 Å². The summed E-state index contributed by atoms with van der Waals surface area (Å²) in [6.07, 6.45) is 3.63. The molecule has 1 aromatic heterocycles. The van der Waals surface area contributed by atoms with Crippen LogP contribution >= 0.6 is 12.2 Å². The molecule has 0 atom stereocenters. The van der Waals surface area contributed by atoms with Crippen LogP contribution in [-0.2, 0) is 5.41 Å². The smallest absolute Gasteiger partial charge is 0.269 e. The van der Waals surface area contributed by atoms with Crippen LogP contribution in [0.2, 0.25) is 0 Å². The monoisotopic (exact) mass is 461 g/mol. The molecule has 0 saturated carbocycles. The lowest BCUT2D eigenvalue weighted by Crippen LogP contribution is -2.40. The van der Waals surface area contributed by atoms with E-state index < -0.39 is 4.92 Å². The predicted octanol–water partition coefficient (Wildman–Crippen LogP) is 4.92. The molecule has 0 radical (unpaired) electrons. The second kappa shape index (κ2) is 9.50. The van der Waals surface area contributed by atoms with E-state index >= 15 is 0 Å². The van der Waals surface area contributed by atoms with Crippen molar-refractivity contribution in [1.29, 1.82) is 0 Å². The average molecular weight is 462 g/mol. The third-order valence-corrected chi connectivity index (χ3v) is 5.74. The van der Waals surface area contributed by atoms with Crippen molar-refractivity contribution in [2.24, 2.45) is 0 Å². The van der Waals surface area contributed by atoms with Crippen LogP contribution in [-0.4, -0.2) is 9.91 Å². The molecule has 6 nitrogen and oxygen atoms in total. The van der Waals surface area contributed by atoms with E-state index in [2.05, 4.69) is 26.1 Å². The first kappa shape index (κ1) is 24.1. The van der Waals surface area contributed by atoms with E-state index in [1.165, 1.54) is 24.3 Å². The number of nitro groups is 1. The van der Waals surface area contributed by atoms with Crippen LogP contribution in [0, 0.1) is 24.0 Å². The number of thiocarbonyl (C=S) groups is 1. The Balaban J connectivity index is 2.12. The van der Waals surface area contributed by atoms with Gasteiger partial charge in [-0.05, 0) is 59.4 Å². The zero-order valence-corrected chi connectivity index (χ0v) is 20.2. The van der Waals surface area contributed by atoms with E-state index in [1.54, 1.807) is 4.57 Å². The lowest BCUT2D eigenvalue weighted by Gasteiger charge is -2.20. The van der Waals surface area contributed by atoms with Crippen LogP contribution in [0.4, 0.5) is 11.4 Å². The summed E-state index contributed by atoms with van der Waals surface area (Å²) >= 11 is 5.71. The molecular formula is C26H27N3O3S. The van der Waals surface area contributed by atoms with Crippen molar-refractivity contribution in [2.45, 2.75) is 40.0 Å². The number of aryl methyl sites for hydroxylation is 2. The maximum atomic E-state index is 13.6. The Bertz CT molecular complexity index is 1200. The third kappa shape index (κ3) is 5.43. The van der Waals surface area contributed by atoms with Crippen molar-refractivity contribution in [3.63, 3.8) is 0 Å². The summed E-state index contributed by atoms with van der Waals surface area (Å²) in [5.41, 5.74) is 4.44. The van der Waals surface area contributed by atoms with Crippen LogP contribution in [0.3, 0.4) is 0 Å². The Morgan fingerprint density at radius 2 is 1.52 bits per heavy atom. The summed E-state index contributed by atoms with van der Waals surface area (Å²) in [4.78, 5) is 10.8. The molecule has 1 N–H and O–H groups in total. The fourth-order valence-electron chi connectivity index (χ4n) is 3.47. The zero-order chi connectivity index (χ0) is 24.3. The lowest BCUT2D eigenvalue weighted by molar-refractivity contribution is -0.577. The molecule has 0 aliphatic carbocycles. The number of non-ortho nitro benzene ring substituents is 1. The van der Waals surface area contributed by atoms with Crippen LogP contribution in [0.1, 0.15) is 43.0 Å². The molecule has 3 rings (SSSR count). The van der Waals surface area contributed by atoms with Gasteiger partial charge in [-0.15, -0.1) is 0 Å². The van der Waals surface area contributed by atoms with E-state index in [0.717, 1.165) is 22.4 Å². The summed E-state index contributed by atoms with van der Waals surface area (Å²) in [6.45, 7) is 10.3. The summed E-state index contributed by atoms with van der Waals surface area (Å²) in [6, 6.07) is 15.4. The molecule has 0 aliphatic heterocycles. The summed E-state index contributed by atoms with van der Waals surface area (Å²) in [5.74, 6) is -0.331. The Morgan fingerprint density at radius 1 is 0.970 bits per heavy atom. The maximum Gasteiger partial charge on any atom is 0.269 e. The van der Waals surface area contributed by atoms with Gasteiger partial charge < -0.3 is 10.4 Å². The van der Waals surface area contributed by atoms with Gasteiger partial charge in [0, 0.05) is 30.0 Å². The predicted molar refractivity (Wildman–Crippen MR) is 134 cm³/mol. The number of hydrogen-bond acceptors (Lipinski definition) is 4. The quantitative estimate of drug-likeness (QED) is 0.146. The highest BCUT2D eigenvalue weighted by molar-refractivity contribution is 7.81. The minimum atomic E-state index is -0.494. The molecule has 7 heteroatoms. The first-order valence-corrected chi connectivity index (χ1v) is 11.0. The molecule has 33 heavy (non-hydrogen) atoms. The second-order valence-electron chi connectivity index (χ2n) is 8.95. The molecule has 0 aliphatic rings. The van der Waals surface area contributed by atoms with E-state index in [0.29, 0.717) is 5.56 Å². The van der Waals surface area contributed by atoms with Gasteiger partial charge in [-0.3, -0.25) is 10.1 Å². The number of aromatic nitrogens is 1. The Labute approximate surface area is 199 Å². The second-order valence-corrected chi connectivity index (χ2v) is 9.35. The first-order chi connectivity index (χ1) is 15.5. The highest BCUT2D eigenvalue weighted by atomic mass is 32.1. The highest BCUT2D eigenvalue weighted by Crippen LogP contribution is 2.24. The minimum absolute atomic E-state index is 0.0430. The van der Waals surface area contributed by atoms with Gasteiger partial charge in [-0.2, -0.15) is 4.57 Å². The van der Waals surface area contributed by atoms with E-state index in [-0.39, 0.29) is 27.5 Å². The van der Waals surface area contributed by atoms with Gasteiger partial charge in [0.25, 0.3) is 5.69 Å². The number of nitro benzene ring substituents is 1. The average Bonchev–Trinajstić information content (AvgIpc) is 2.76. The Kier molecular flexibility index (Phi) is 6.93. The molecular weight excluding hydrogens is 434 g/mol. The molecule has 0 unspecified atom stereocenters. The van der Waals surface area contributed by atoms with Crippen LogP contribution in [0.15, 0.2) is 67.0 Å². The van der Waals surface area contributed by atoms with Crippen LogP contribution < -0.4 is 15.0 Å². The standard InChI is InChI=1S/C26H27N3O3S/c1-17-7-6-8-18(2)22(17)27-25(33)23(28-15-13-20(14-16-28)26(3,4)5)24(30)19-9-11-21(12-10-19)29(31)32/h6-16H,1-5H3,(H-,27,30,33). The third-order valence-electron chi connectivity index (χ3n) is 5.44. The SMILES string of the molecule is Cc1cccc(C)c1NC(=S)/C(=C(\[O-])c1ccc([N+](=O)[O-])cc1)[n+]1ccc(C(C)(C)C)cc1. The Morgan fingerprint density at radius 3 is 2.00 bits per heavy atom. The van der Waals surface area contributed by atoms with Crippen molar-refractivity contribution < 1.29 is 14.6 Å². The van der Waals surface area contributed by atoms with E-state index in [4.69, 9.17) is 12.2 Å². The number of pyridine rings is 1. The molecule has 2 aromatic carbocycles. The van der Waals surface area contributed by atoms with Gasteiger partial charge in [-0.1, -0.05) is 51.2 Å². The fourth-order valence-corrected chi connectivity index (χ4v) is 3.77. The molecule has 0 spiro atoms. The van der Waals surface area contributed by atoms with E-state index in [1.807, 2.05) is 56.6 Å². The molecule has 0 amide bonds. The molecule has 0 saturated heterocycles. The van der Waals surface area contributed by atoms with Crippen molar-refractivity contribution in [2.75, 3.05) is 5.32 Å². The van der Waals surface area contributed by atoms with Gasteiger partial charge in [-0.25, -0.2) is 0 Å². The van der Waals surface area contributed by atoms with Crippen LogP contribution in [0.25, 0.3) is 11.5 Å². The van der Waals surface area contributed by atoms with Crippen molar-refractivity contribution >= 4 is 40.0 Å². The highest BCUT2D eigenvalue weighted by Gasteiger charge is 2.22. The van der Waals surface area contributed by atoms with Gasteiger partial charge in [0.15, 0.2) is 17.4 Å². The maximum absolute atomic E-state index is 13.6. The summed E-state index contributed by atoms with van der Waals surface area (Å²) in [5, 5.41) is 27.8. The fraction of sp³-hybridized carbons (Fsp3) is 0.231. The van der Waals surface area contributed by atoms with Gasteiger partial charge in [0.2, 0.25) is 5.70 Å². The molecule has 0 fully saturated rings. The normalized spacial score (nSPS) is 12.2. The lowest BCUT2D eigenvalue weighted by atomic mass is 9.88. The summed E-state index contributed by atoms with van der Waals surface area (Å²) in [7, 11) is 0. The minimum Gasteiger partial charge on any atom is -0.867 e. The number of nitrogens with zero attached hydrogens (tertiary/aromatic N) is 2. The number of para-hydroxylation sites is 1. The van der Waals surface area contributed by atoms with Crippen molar-refractivity contribution in [3.05, 3.63) is 99.4 Å². The number of hydrogen-bond donors (Lipinski definition) is 1.